The predicted molar refractivity (Wildman–Crippen MR) is 70.7 cm³/mol. The highest BCUT2D eigenvalue weighted by Crippen LogP contribution is 2.23. The van der Waals surface area contributed by atoms with Crippen LogP contribution in [0.1, 0.15) is 6.92 Å². The summed E-state index contributed by atoms with van der Waals surface area (Å²) in [7, 11) is 0. The van der Waals surface area contributed by atoms with Crippen molar-refractivity contribution in [2.24, 2.45) is 0 Å². The molecule has 0 radical (unpaired) electrons. The maximum Gasteiger partial charge on any atom is 0.344 e. The Balaban J connectivity index is 2.01. The first-order valence-electron chi connectivity index (χ1n) is 5.87. The quantitative estimate of drug-likeness (QED) is 0.893. The van der Waals surface area contributed by atoms with E-state index in [1.165, 1.54) is 6.92 Å². The van der Waals surface area contributed by atoms with E-state index in [0.717, 1.165) is 5.75 Å². The van der Waals surface area contributed by atoms with Crippen LogP contribution in [-0.4, -0.2) is 17.2 Å². The molecule has 4 heteroatoms. The summed E-state index contributed by atoms with van der Waals surface area (Å²) in [5.41, 5.74) is 0. The average molecular weight is 258 g/mol. The molecule has 2 aromatic carbocycles. The van der Waals surface area contributed by atoms with Crippen molar-refractivity contribution >= 4 is 5.97 Å². The molecule has 0 saturated carbocycles. The molecule has 0 spiro atoms. The zero-order chi connectivity index (χ0) is 13.7. The van der Waals surface area contributed by atoms with Crippen LogP contribution in [0.5, 0.6) is 17.2 Å². The topological polar surface area (TPSA) is 55.8 Å². The summed E-state index contributed by atoms with van der Waals surface area (Å²) >= 11 is 0. The fraction of sp³-hybridized carbons (Fsp3) is 0.133. The maximum absolute atomic E-state index is 10.7. The van der Waals surface area contributed by atoms with Crippen LogP contribution in [0.25, 0.3) is 0 Å². The zero-order valence-corrected chi connectivity index (χ0v) is 10.4. The fourth-order valence-corrected chi connectivity index (χ4v) is 1.47. The highest BCUT2D eigenvalue weighted by molar-refractivity contribution is 5.72. The third-order valence-corrected chi connectivity index (χ3v) is 2.46. The van der Waals surface area contributed by atoms with Crippen molar-refractivity contribution in [3.63, 3.8) is 0 Å². The van der Waals surface area contributed by atoms with Crippen LogP contribution in [0, 0.1) is 0 Å². The van der Waals surface area contributed by atoms with Crippen LogP contribution in [0.2, 0.25) is 0 Å². The van der Waals surface area contributed by atoms with Gasteiger partial charge in [0, 0.05) is 0 Å². The van der Waals surface area contributed by atoms with Gasteiger partial charge in [-0.2, -0.15) is 0 Å². The van der Waals surface area contributed by atoms with E-state index in [1.54, 1.807) is 24.3 Å². The van der Waals surface area contributed by atoms with Gasteiger partial charge in [-0.05, 0) is 43.3 Å². The molecule has 2 aromatic rings. The Bertz CT molecular complexity index is 534. The van der Waals surface area contributed by atoms with E-state index in [2.05, 4.69) is 0 Å². The zero-order valence-electron chi connectivity index (χ0n) is 10.4. The Morgan fingerprint density at radius 2 is 1.47 bits per heavy atom. The van der Waals surface area contributed by atoms with Crippen LogP contribution in [0.3, 0.4) is 0 Å². The average Bonchev–Trinajstić information content (AvgIpc) is 2.42. The van der Waals surface area contributed by atoms with Crippen molar-refractivity contribution in [3.8, 4) is 17.2 Å². The molecule has 0 bridgehead atoms. The number of ether oxygens (including phenoxy) is 2. The minimum Gasteiger partial charge on any atom is -0.479 e. The molecule has 0 amide bonds. The van der Waals surface area contributed by atoms with Crippen LogP contribution in [0.4, 0.5) is 0 Å². The summed E-state index contributed by atoms with van der Waals surface area (Å²) in [6.07, 6.45) is -0.874. The van der Waals surface area contributed by atoms with E-state index >= 15 is 0 Å². The molecular formula is C15H14O4. The normalized spacial score (nSPS) is 11.6. The number of hydrogen-bond acceptors (Lipinski definition) is 3. The van der Waals surface area contributed by atoms with Gasteiger partial charge in [0.2, 0.25) is 0 Å². The standard InChI is InChI=1S/C15H14O4/c1-11(15(16)17)18-13-7-9-14(10-8-13)19-12-5-3-2-4-6-12/h2-11H,1H3,(H,16,17)/t11-/m1/s1. The Morgan fingerprint density at radius 1 is 0.947 bits per heavy atom. The van der Waals surface area contributed by atoms with E-state index < -0.39 is 12.1 Å². The van der Waals surface area contributed by atoms with Gasteiger partial charge in [0.15, 0.2) is 6.10 Å². The number of rotatable bonds is 5. The molecular weight excluding hydrogens is 244 g/mol. The van der Waals surface area contributed by atoms with Crippen LogP contribution in [0.15, 0.2) is 54.6 Å². The monoisotopic (exact) mass is 258 g/mol. The van der Waals surface area contributed by atoms with E-state index in [0.29, 0.717) is 11.5 Å². The molecule has 0 heterocycles. The second-order valence-electron chi connectivity index (χ2n) is 3.98. The Morgan fingerprint density at radius 3 is 2.05 bits per heavy atom. The Hall–Kier alpha value is -2.49. The molecule has 19 heavy (non-hydrogen) atoms. The minimum absolute atomic E-state index is 0.496. The lowest BCUT2D eigenvalue weighted by Gasteiger charge is -2.11. The molecule has 0 fully saturated rings. The number of carbonyl (C=O) groups is 1. The van der Waals surface area contributed by atoms with E-state index in [9.17, 15) is 4.79 Å². The number of para-hydroxylation sites is 1. The van der Waals surface area contributed by atoms with Crippen LogP contribution >= 0.6 is 0 Å². The second-order valence-corrected chi connectivity index (χ2v) is 3.98. The number of carboxylic acids is 1. The van der Waals surface area contributed by atoms with Crippen molar-refractivity contribution in [2.75, 3.05) is 0 Å². The number of aliphatic carboxylic acids is 1. The first-order chi connectivity index (χ1) is 9.15. The van der Waals surface area contributed by atoms with Crippen LogP contribution in [-0.2, 0) is 4.79 Å². The van der Waals surface area contributed by atoms with Gasteiger partial charge in [0.05, 0.1) is 0 Å². The molecule has 0 aromatic heterocycles. The number of benzene rings is 2. The lowest BCUT2D eigenvalue weighted by Crippen LogP contribution is -2.22. The fourth-order valence-electron chi connectivity index (χ4n) is 1.47. The van der Waals surface area contributed by atoms with Crippen LogP contribution < -0.4 is 9.47 Å². The largest absolute Gasteiger partial charge is 0.479 e. The summed E-state index contributed by atoms with van der Waals surface area (Å²) in [4.78, 5) is 10.7. The third kappa shape index (κ3) is 3.74. The summed E-state index contributed by atoms with van der Waals surface area (Å²) < 4.78 is 10.8. The molecule has 98 valence electrons. The molecule has 4 nitrogen and oxygen atoms in total. The molecule has 0 aliphatic rings. The first kappa shape index (κ1) is 13.0. The van der Waals surface area contributed by atoms with Crippen molar-refractivity contribution in [3.05, 3.63) is 54.6 Å². The van der Waals surface area contributed by atoms with Crippen molar-refractivity contribution in [2.45, 2.75) is 13.0 Å². The van der Waals surface area contributed by atoms with Crippen molar-refractivity contribution < 1.29 is 19.4 Å². The third-order valence-electron chi connectivity index (χ3n) is 2.46. The van der Waals surface area contributed by atoms with Gasteiger partial charge in [0.1, 0.15) is 17.2 Å². The molecule has 0 aliphatic heterocycles. The first-order valence-corrected chi connectivity index (χ1v) is 5.87. The minimum atomic E-state index is -0.996. The van der Waals surface area contributed by atoms with Gasteiger partial charge in [0.25, 0.3) is 0 Å². The number of hydrogen-bond donors (Lipinski definition) is 1. The van der Waals surface area contributed by atoms with Gasteiger partial charge in [-0.15, -0.1) is 0 Å². The Labute approximate surface area is 111 Å². The summed E-state index contributed by atoms with van der Waals surface area (Å²) in [5.74, 6) is 0.913. The van der Waals surface area contributed by atoms with Crippen molar-refractivity contribution in [1.29, 1.82) is 0 Å². The SMILES string of the molecule is C[C@@H](Oc1ccc(Oc2ccccc2)cc1)C(=O)O. The lowest BCUT2D eigenvalue weighted by atomic mass is 10.3. The lowest BCUT2D eigenvalue weighted by molar-refractivity contribution is -0.144. The van der Waals surface area contributed by atoms with E-state index in [-0.39, 0.29) is 0 Å². The van der Waals surface area contributed by atoms with Gasteiger partial charge in [-0.25, -0.2) is 4.79 Å². The second kappa shape index (κ2) is 5.91. The summed E-state index contributed by atoms with van der Waals surface area (Å²) in [6.45, 7) is 1.48. The molecule has 1 atom stereocenters. The molecule has 0 unspecified atom stereocenters. The summed E-state index contributed by atoms with van der Waals surface area (Å²) in [5, 5.41) is 8.74. The molecule has 2 rings (SSSR count). The van der Waals surface area contributed by atoms with Gasteiger partial charge < -0.3 is 14.6 Å². The van der Waals surface area contributed by atoms with Crippen molar-refractivity contribution in [1.82, 2.24) is 0 Å². The van der Waals surface area contributed by atoms with E-state index in [4.69, 9.17) is 14.6 Å². The van der Waals surface area contributed by atoms with Gasteiger partial charge in [-0.3, -0.25) is 0 Å². The van der Waals surface area contributed by atoms with Gasteiger partial charge >= 0.3 is 5.97 Å². The predicted octanol–water partition coefficient (Wildman–Crippen LogP) is 3.33. The molecule has 1 N–H and O–H groups in total. The number of carboxylic acid groups (broad SMARTS) is 1. The smallest absolute Gasteiger partial charge is 0.344 e. The highest BCUT2D eigenvalue weighted by atomic mass is 16.5. The van der Waals surface area contributed by atoms with E-state index in [1.807, 2.05) is 30.3 Å². The maximum atomic E-state index is 10.7. The van der Waals surface area contributed by atoms with Gasteiger partial charge in [-0.1, -0.05) is 18.2 Å². The molecule has 0 saturated heterocycles. The molecule has 0 aliphatic carbocycles. The summed E-state index contributed by atoms with van der Waals surface area (Å²) in [6, 6.07) is 16.2. The highest BCUT2D eigenvalue weighted by Gasteiger charge is 2.12. The Kier molecular flexibility index (Phi) is 4.03.